The standard InChI is InChI=1S/C15H11BrClFO2/c1-2-20-9-6-7-10(12(16)8-9)15(19)11-4-3-5-13(17)14(11)18/h3-8H,2H2,1H3. The zero-order valence-electron chi connectivity index (χ0n) is 10.6. The van der Waals surface area contributed by atoms with Gasteiger partial charge in [-0.05, 0) is 53.2 Å². The van der Waals surface area contributed by atoms with Crippen molar-refractivity contribution < 1.29 is 13.9 Å². The van der Waals surface area contributed by atoms with Crippen molar-refractivity contribution in [3.63, 3.8) is 0 Å². The minimum atomic E-state index is -0.708. The molecular weight excluding hydrogens is 347 g/mol. The summed E-state index contributed by atoms with van der Waals surface area (Å²) in [5.74, 6) is -0.498. The monoisotopic (exact) mass is 356 g/mol. The smallest absolute Gasteiger partial charge is 0.197 e. The third-order valence-corrected chi connectivity index (χ3v) is 3.64. The van der Waals surface area contributed by atoms with Crippen LogP contribution in [0.15, 0.2) is 40.9 Å². The normalized spacial score (nSPS) is 10.4. The van der Waals surface area contributed by atoms with Crippen LogP contribution in [0.25, 0.3) is 0 Å². The predicted molar refractivity (Wildman–Crippen MR) is 80.2 cm³/mol. The van der Waals surface area contributed by atoms with Crippen molar-refractivity contribution >= 4 is 33.3 Å². The van der Waals surface area contributed by atoms with Crippen LogP contribution in [0.1, 0.15) is 22.8 Å². The first kappa shape index (κ1) is 15.0. The van der Waals surface area contributed by atoms with E-state index in [-0.39, 0.29) is 10.6 Å². The fraction of sp³-hybridized carbons (Fsp3) is 0.133. The lowest BCUT2D eigenvalue weighted by molar-refractivity contribution is 0.103. The molecule has 0 aromatic heterocycles. The van der Waals surface area contributed by atoms with Crippen LogP contribution in [-0.2, 0) is 0 Å². The lowest BCUT2D eigenvalue weighted by Crippen LogP contribution is -2.06. The maximum absolute atomic E-state index is 13.9. The first-order valence-corrected chi connectivity index (χ1v) is 7.12. The quantitative estimate of drug-likeness (QED) is 0.730. The van der Waals surface area contributed by atoms with Crippen LogP contribution >= 0.6 is 27.5 Å². The van der Waals surface area contributed by atoms with E-state index in [0.29, 0.717) is 22.4 Å². The molecule has 0 fully saturated rings. The first-order chi connectivity index (χ1) is 9.54. The minimum Gasteiger partial charge on any atom is -0.494 e. The van der Waals surface area contributed by atoms with E-state index >= 15 is 0 Å². The molecule has 0 amide bonds. The first-order valence-electron chi connectivity index (χ1n) is 5.95. The Balaban J connectivity index is 2.41. The minimum absolute atomic E-state index is 0.0534. The molecule has 0 bridgehead atoms. The second-order valence-corrected chi connectivity index (χ2v) is 5.27. The van der Waals surface area contributed by atoms with E-state index in [4.69, 9.17) is 16.3 Å². The van der Waals surface area contributed by atoms with Crippen LogP contribution in [0.4, 0.5) is 4.39 Å². The molecule has 20 heavy (non-hydrogen) atoms. The maximum atomic E-state index is 13.9. The molecule has 2 aromatic carbocycles. The molecule has 0 radical (unpaired) electrons. The molecule has 2 nitrogen and oxygen atoms in total. The number of carbonyl (C=O) groups excluding carboxylic acids is 1. The Hall–Kier alpha value is -1.39. The molecule has 0 atom stereocenters. The highest BCUT2D eigenvalue weighted by Crippen LogP contribution is 2.27. The molecule has 0 aliphatic rings. The topological polar surface area (TPSA) is 26.3 Å². The van der Waals surface area contributed by atoms with Crippen LogP contribution < -0.4 is 4.74 Å². The van der Waals surface area contributed by atoms with E-state index in [0.717, 1.165) is 0 Å². The SMILES string of the molecule is CCOc1ccc(C(=O)c2cccc(Cl)c2F)c(Br)c1. The highest BCUT2D eigenvalue weighted by Gasteiger charge is 2.18. The maximum Gasteiger partial charge on any atom is 0.197 e. The van der Waals surface area contributed by atoms with Crippen LogP contribution in [0.5, 0.6) is 5.75 Å². The molecular formula is C15H11BrClFO2. The lowest BCUT2D eigenvalue weighted by atomic mass is 10.0. The van der Waals surface area contributed by atoms with Crippen molar-refractivity contribution in [2.75, 3.05) is 6.61 Å². The Labute approximate surface area is 129 Å². The Kier molecular flexibility index (Phi) is 4.78. The predicted octanol–water partition coefficient (Wildman–Crippen LogP) is 4.87. The highest BCUT2D eigenvalue weighted by atomic mass is 79.9. The number of benzene rings is 2. The van der Waals surface area contributed by atoms with Gasteiger partial charge in [-0.15, -0.1) is 0 Å². The molecule has 5 heteroatoms. The molecule has 0 saturated heterocycles. The van der Waals surface area contributed by atoms with Gasteiger partial charge >= 0.3 is 0 Å². The molecule has 0 unspecified atom stereocenters. The summed E-state index contributed by atoms with van der Waals surface area (Å²) < 4.78 is 19.8. The number of ether oxygens (including phenoxy) is 1. The van der Waals surface area contributed by atoms with Gasteiger partial charge in [0.05, 0.1) is 17.2 Å². The largest absolute Gasteiger partial charge is 0.494 e. The summed E-state index contributed by atoms with van der Waals surface area (Å²) in [7, 11) is 0. The fourth-order valence-electron chi connectivity index (χ4n) is 1.76. The zero-order chi connectivity index (χ0) is 14.7. The molecule has 0 aliphatic carbocycles. The molecule has 104 valence electrons. The van der Waals surface area contributed by atoms with E-state index in [2.05, 4.69) is 15.9 Å². The lowest BCUT2D eigenvalue weighted by Gasteiger charge is -2.08. The third kappa shape index (κ3) is 3.02. The van der Waals surface area contributed by atoms with Crippen molar-refractivity contribution in [1.82, 2.24) is 0 Å². The molecule has 2 aromatic rings. The van der Waals surface area contributed by atoms with Crippen molar-refractivity contribution in [2.45, 2.75) is 6.92 Å². The second kappa shape index (κ2) is 6.37. The molecule has 2 rings (SSSR count). The van der Waals surface area contributed by atoms with E-state index in [1.54, 1.807) is 24.3 Å². The Bertz CT molecular complexity index is 658. The highest BCUT2D eigenvalue weighted by molar-refractivity contribution is 9.10. The van der Waals surface area contributed by atoms with Gasteiger partial charge in [-0.25, -0.2) is 4.39 Å². The van der Waals surface area contributed by atoms with E-state index < -0.39 is 11.6 Å². The van der Waals surface area contributed by atoms with Crippen molar-refractivity contribution in [1.29, 1.82) is 0 Å². The Morgan fingerprint density at radius 2 is 2.05 bits per heavy atom. The van der Waals surface area contributed by atoms with E-state index in [1.807, 2.05) is 6.92 Å². The van der Waals surface area contributed by atoms with Crippen molar-refractivity contribution in [3.8, 4) is 5.75 Å². The van der Waals surface area contributed by atoms with E-state index in [1.165, 1.54) is 12.1 Å². The number of hydrogen-bond donors (Lipinski definition) is 0. The van der Waals surface area contributed by atoms with Gasteiger partial charge in [-0.1, -0.05) is 17.7 Å². The molecule has 0 N–H and O–H groups in total. The van der Waals surface area contributed by atoms with Gasteiger partial charge in [0.1, 0.15) is 5.75 Å². The summed E-state index contributed by atoms with van der Waals surface area (Å²) in [6.07, 6.45) is 0. The Morgan fingerprint density at radius 1 is 1.30 bits per heavy atom. The molecule has 0 spiro atoms. The number of halogens is 3. The summed E-state index contributed by atoms with van der Waals surface area (Å²) in [6.45, 7) is 2.40. The fourth-order valence-corrected chi connectivity index (χ4v) is 2.47. The van der Waals surface area contributed by atoms with Gasteiger partial charge in [0.15, 0.2) is 11.6 Å². The molecule has 0 aliphatic heterocycles. The molecule has 0 heterocycles. The Morgan fingerprint density at radius 3 is 2.70 bits per heavy atom. The number of carbonyl (C=O) groups is 1. The number of rotatable bonds is 4. The van der Waals surface area contributed by atoms with Gasteiger partial charge in [-0.3, -0.25) is 4.79 Å². The third-order valence-electron chi connectivity index (χ3n) is 2.69. The number of hydrogen-bond acceptors (Lipinski definition) is 2. The summed E-state index contributed by atoms with van der Waals surface area (Å²) in [4.78, 5) is 12.3. The van der Waals surface area contributed by atoms with Gasteiger partial charge in [0.2, 0.25) is 0 Å². The van der Waals surface area contributed by atoms with E-state index in [9.17, 15) is 9.18 Å². The second-order valence-electron chi connectivity index (χ2n) is 4.01. The van der Waals surface area contributed by atoms with Crippen LogP contribution in [0.2, 0.25) is 5.02 Å². The van der Waals surface area contributed by atoms with Gasteiger partial charge in [-0.2, -0.15) is 0 Å². The summed E-state index contributed by atoms with van der Waals surface area (Å²) in [6, 6.07) is 9.30. The van der Waals surface area contributed by atoms with Gasteiger partial charge in [0.25, 0.3) is 0 Å². The van der Waals surface area contributed by atoms with Crippen molar-refractivity contribution in [3.05, 3.63) is 62.8 Å². The number of ketones is 1. The average Bonchev–Trinajstić information content (AvgIpc) is 2.42. The van der Waals surface area contributed by atoms with Crippen molar-refractivity contribution in [2.24, 2.45) is 0 Å². The van der Waals surface area contributed by atoms with Crippen LogP contribution in [0, 0.1) is 5.82 Å². The summed E-state index contributed by atoms with van der Waals surface area (Å²) >= 11 is 8.99. The van der Waals surface area contributed by atoms with Crippen LogP contribution in [-0.4, -0.2) is 12.4 Å². The summed E-state index contributed by atoms with van der Waals surface area (Å²) in [5.41, 5.74) is 0.303. The van der Waals surface area contributed by atoms with Gasteiger partial charge in [0, 0.05) is 10.0 Å². The van der Waals surface area contributed by atoms with Gasteiger partial charge < -0.3 is 4.74 Å². The molecule has 0 saturated carbocycles. The van der Waals surface area contributed by atoms with Crippen LogP contribution in [0.3, 0.4) is 0 Å². The zero-order valence-corrected chi connectivity index (χ0v) is 13.0. The average molecular weight is 358 g/mol. The summed E-state index contributed by atoms with van der Waals surface area (Å²) in [5, 5.41) is -0.0714.